The van der Waals surface area contributed by atoms with Gasteiger partial charge in [0.1, 0.15) is 0 Å². The summed E-state index contributed by atoms with van der Waals surface area (Å²) < 4.78 is 2.39. The molecule has 2 aromatic heterocycles. The highest BCUT2D eigenvalue weighted by molar-refractivity contribution is 6.12. The summed E-state index contributed by atoms with van der Waals surface area (Å²) >= 11 is 0. The fourth-order valence-electron chi connectivity index (χ4n) is 7.15. The lowest BCUT2D eigenvalue weighted by molar-refractivity contribution is 1.07. The summed E-state index contributed by atoms with van der Waals surface area (Å²) in [5.74, 6) is 1.93. The fraction of sp³-hybridized carbons (Fsp3) is 0.0426. The normalized spacial score (nSPS) is 11.3. The van der Waals surface area contributed by atoms with E-state index in [0.29, 0.717) is 17.5 Å². The Morgan fingerprint density at radius 2 is 0.902 bits per heavy atom. The van der Waals surface area contributed by atoms with Crippen molar-refractivity contribution in [3.05, 3.63) is 181 Å². The molecule has 9 rings (SSSR count). The molecule has 9 aromatic rings. The van der Waals surface area contributed by atoms with Gasteiger partial charge in [0.25, 0.3) is 0 Å². The number of benzene rings is 7. The quantitative estimate of drug-likeness (QED) is 0.179. The molecule has 0 aliphatic carbocycles. The number of hydrogen-bond acceptors (Lipinski definition) is 3. The lowest BCUT2D eigenvalue weighted by Gasteiger charge is -2.13. The minimum atomic E-state index is 0.633. The molecule has 0 aliphatic heterocycles. The number of fused-ring (bicyclic) bond motifs is 3. The van der Waals surface area contributed by atoms with E-state index in [1.807, 2.05) is 60.7 Å². The van der Waals surface area contributed by atoms with Gasteiger partial charge in [0.2, 0.25) is 0 Å². The highest BCUT2D eigenvalue weighted by atomic mass is 15.0. The highest BCUT2D eigenvalue weighted by Gasteiger charge is 2.18. The van der Waals surface area contributed by atoms with E-state index in [9.17, 15) is 0 Å². The summed E-state index contributed by atoms with van der Waals surface area (Å²) in [7, 11) is 0. The van der Waals surface area contributed by atoms with Gasteiger partial charge in [-0.25, -0.2) is 15.0 Å². The molecule has 4 nitrogen and oxygen atoms in total. The smallest absolute Gasteiger partial charge is 0.164 e. The van der Waals surface area contributed by atoms with E-state index in [1.54, 1.807) is 0 Å². The Kier molecular flexibility index (Phi) is 7.55. The Bertz CT molecular complexity index is 2640. The van der Waals surface area contributed by atoms with Crippen molar-refractivity contribution >= 4 is 21.8 Å². The van der Waals surface area contributed by atoms with Crippen molar-refractivity contribution in [1.82, 2.24) is 19.5 Å². The van der Waals surface area contributed by atoms with E-state index in [0.717, 1.165) is 33.4 Å². The van der Waals surface area contributed by atoms with Crippen LogP contribution in [0.5, 0.6) is 0 Å². The van der Waals surface area contributed by atoms with Crippen LogP contribution in [-0.2, 0) is 0 Å². The Hall–Kier alpha value is -6.65. The molecular formula is C47H34N4. The lowest BCUT2D eigenvalue weighted by atomic mass is 9.94. The predicted molar refractivity (Wildman–Crippen MR) is 211 cm³/mol. The van der Waals surface area contributed by atoms with Crippen molar-refractivity contribution in [2.75, 3.05) is 0 Å². The molecule has 0 bridgehead atoms. The Morgan fingerprint density at radius 3 is 1.55 bits per heavy atom. The summed E-state index contributed by atoms with van der Waals surface area (Å²) in [6, 6.07) is 59.6. The molecule has 4 heteroatoms. The third kappa shape index (κ3) is 5.57. The van der Waals surface area contributed by atoms with E-state index < -0.39 is 0 Å². The predicted octanol–water partition coefficient (Wildman–Crippen LogP) is 11.9. The van der Waals surface area contributed by atoms with Crippen LogP contribution in [-0.4, -0.2) is 19.5 Å². The summed E-state index contributed by atoms with van der Waals surface area (Å²) in [6.07, 6.45) is 0. The number of aryl methyl sites for hydroxylation is 2. The van der Waals surface area contributed by atoms with Gasteiger partial charge in [-0.05, 0) is 83.6 Å². The maximum atomic E-state index is 5.04. The van der Waals surface area contributed by atoms with Crippen molar-refractivity contribution < 1.29 is 0 Å². The second-order valence-corrected chi connectivity index (χ2v) is 13.0. The summed E-state index contributed by atoms with van der Waals surface area (Å²) in [4.78, 5) is 15.0. The molecular weight excluding hydrogens is 621 g/mol. The second kappa shape index (κ2) is 12.7. The van der Waals surface area contributed by atoms with Crippen LogP contribution in [0.25, 0.3) is 83.9 Å². The van der Waals surface area contributed by atoms with E-state index in [2.05, 4.69) is 128 Å². The van der Waals surface area contributed by atoms with Crippen molar-refractivity contribution in [3.63, 3.8) is 0 Å². The second-order valence-electron chi connectivity index (χ2n) is 13.0. The highest BCUT2D eigenvalue weighted by Crippen LogP contribution is 2.39. The van der Waals surface area contributed by atoms with E-state index >= 15 is 0 Å². The van der Waals surface area contributed by atoms with Gasteiger partial charge in [-0.2, -0.15) is 0 Å². The van der Waals surface area contributed by atoms with Crippen molar-refractivity contribution in [2.45, 2.75) is 13.8 Å². The molecule has 7 aromatic carbocycles. The molecule has 0 saturated carbocycles. The number of rotatable bonds is 6. The molecule has 0 fully saturated rings. The molecule has 242 valence electrons. The molecule has 0 spiro atoms. The summed E-state index contributed by atoms with van der Waals surface area (Å²) in [6.45, 7) is 4.41. The van der Waals surface area contributed by atoms with Gasteiger partial charge < -0.3 is 4.57 Å². The first-order valence-electron chi connectivity index (χ1n) is 17.3. The monoisotopic (exact) mass is 654 g/mol. The topological polar surface area (TPSA) is 43.6 Å². The maximum Gasteiger partial charge on any atom is 0.164 e. The molecule has 0 saturated heterocycles. The first-order chi connectivity index (χ1) is 25.1. The van der Waals surface area contributed by atoms with Gasteiger partial charge in [0.05, 0.1) is 11.0 Å². The van der Waals surface area contributed by atoms with Gasteiger partial charge in [-0.15, -0.1) is 0 Å². The van der Waals surface area contributed by atoms with E-state index in [1.165, 1.54) is 44.2 Å². The molecule has 0 radical (unpaired) electrons. The van der Waals surface area contributed by atoms with Crippen LogP contribution < -0.4 is 0 Å². The molecule has 0 N–H and O–H groups in total. The molecule has 0 aliphatic rings. The minimum absolute atomic E-state index is 0.633. The van der Waals surface area contributed by atoms with Gasteiger partial charge in [0.15, 0.2) is 17.5 Å². The average molecular weight is 655 g/mol. The molecule has 2 heterocycles. The third-order valence-corrected chi connectivity index (χ3v) is 9.72. The van der Waals surface area contributed by atoms with Crippen molar-refractivity contribution in [1.29, 1.82) is 0 Å². The maximum absolute atomic E-state index is 5.04. The fourth-order valence-corrected chi connectivity index (χ4v) is 7.15. The van der Waals surface area contributed by atoms with Crippen LogP contribution in [0.1, 0.15) is 11.1 Å². The molecule has 0 unspecified atom stereocenters. The first kappa shape index (κ1) is 30.4. The zero-order valence-corrected chi connectivity index (χ0v) is 28.5. The Morgan fingerprint density at radius 1 is 0.353 bits per heavy atom. The van der Waals surface area contributed by atoms with Crippen LogP contribution in [0.3, 0.4) is 0 Å². The van der Waals surface area contributed by atoms with Gasteiger partial charge in [0, 0.05) is 33.2 Å². The summed E-state index contributed by atoms with van der Waals surface area (Å²) in [5, 5.41) is 2.44. The van der Waals surface area contributed by atoms with Crippen molar-refractivity contribution in [2.24, 2.45) is 0 Å². The van der Waals surface area contributed by atoms with Crippen LogP contribution >= 0.6 is 0 Å². The molecule has 51 heavy (non-hydrogen) atoms. The first-order valence-corrected chi connectivity index (χ1v) is 17.3. The van der Waals surface area contributed by atoms with Crippen molar-refractivity contribution in [3.8, 4) is 62.1 Å². The standard InChI is InChI=1S/C47H34N4/c1-31-15-12-13-24-39(31)40-30-44-41(27-32(40)2)42-29-36(33-16-6-3-7-17-33)25-26-43(42)51(44)38-23-14-22-37(28-38)47-49-45(34-18-8-4-9-19-34)48-46(50-47)35-20-10-5-11-21-35/h3-30H,1-2H3. The van der Waals surface area contributed by atoms with Gasteiger partial charge >= 0.3 is 0 Å². The molecule has 0 amide bonds. The zero-order chi connectivity index (χ0) is 34.3. The number of aromatic nitrogens is 4. The van der Waals surface area contributed by atoms with E-state index in [-0.39, 0.29) is 0 Å². The van der Waals surface area contributed by atoms with Gasteiger partial charge in [-0.1, -0.05) is 133 Å². The SMILES string of the molecule is Cc1ccccc1-c1cc2c(cc1C)c1cc(-c3ccccc3)ccc1n2-c1cccc(-c2nc(-c3ccccc3)nc(-c3ccccc3)n2)c1. The Balaban J connectivity index is 1.28. The minimum Gasteiger partial charge on any atom is -0.309 e. The van der Waals surface area contributed by atoms with Crippen LogP contribution in [0.2, 0.25) is 0 Å². The van der Waals surface area contributed by atoms with Crippen LogP contribution in [0, 0.1) is 13.8 Å². The molecule has 0 atom stereocenters. The zero-order valence-electron chi connectivity index (χ0n) is 28.5. The lowest BCUT2D eigenvalue weighted by Crippen LogP contribution is -2.01. The largest absolute Gasteiger partial charge is 0.309 e. The number of hydrogen-bond donors (Lipinski definition) is 0. The van der Waals surface area contributed by atoms with E-state index in [4.69, 9.17) is 15.0 Å². The van der Waals surface area contributed by atoms with Crippen LogP contribution in [0.15, 0.2) is 170 Å². The summed E-state index contributed by atoms with van der Waals surface area (Å²) in [5.41, 5.74) is 13.6. The average Bonchev–Trinajstić information content (AvgIpc) is 3.51. The third-order valence-electron chi connectivity index (χ3n) is 9.72. The van der Waals surface area contributed by atoms with Crippen LogP contribution in [0.4, 0.5) is 0 Å². The van der Waals surface area contributed by atoms with Gasteiger partial charge in [-0.3, -0.25) is 0 Å². The Labute approximate surface area is 297 Å². The number of nitrogens with zero attached hydrogens (tertiary/aromatic N) is 4.